The zero-order valence-corrected chi connectivity index (χ0v) is 21.8. The van der Waals surface area contributed by atoms with Crippen LogP contribution in [0.5, 0.6) is 0 Å². The summed E-state index contributed by atoms with van der Waals surface area (Å²) in [6, 6.07) is -0.549. The van der Waals surface area contributed by atoms with Crippen molar-refractivity contribution in [3.8, 4) is 0 Å². The standard InChI is InChI=1S/C25H42N2O8S/c1-2-3-4-5-6-7-8-9-10-11-12-13-14-16-19(17-15-18-20(28)29)27-21(22(30)31)35-23(32)25(26,34)24(33)36/h6-7,11-14,19,21,24,27,33-34,36H,2-5,8-10,15-18,26H2,1H3,(H,28,29)(H,30,31)/b7-6+,12-11+,14-13+. The van der Waals surface area contributed by atoms with Crippen LogP contribution >= 0.6 is 12.6 Å². The van der Waals surface area contributed by atoms with E-state index in [2.05, 4.69) is 37.0 Å². The van der Waals surface area contributed by atoms with Crippen LogP contribution in [0.3, 0.4) is 0 Å². The molecule has 0 spiro atoms. The molecule has 0 bridgehead atoms. The number of rotatable bonds is 21. The number of aliphatic hydroxyl groups is 2. The van der Waals surface area contributed by atoms with E-state index in [0.717, 1.165) is 25.7 Å². The molecule has 0 aliphatic heterocycles. The zero-order chi connectivity index (χ0) is 27.4. The molecular formula is C25H42N2O8S. The second-order valence-electron chi connectivity index (χ2n) is 8.46. The van der Waals surface area contributed by atoms with E-state index in [9.17, 15) is 29.7 Å². The zero-order valence-electron chi connectivity index (χ0n) is 20.9. The molecule has 0 rings (SSSR count). The summed E-state index contributed by atoms with van der Waals surface area (Å²) in [4.78, 5) is 34.4. The summed E-state index contributed by atoms with van der Waals surface area (Å²) >= 11 is 3.48. The number of allylic oxidation sites excluding steroid dienone is 5. The first-order valence-corrected chi connectivity index (χ1v) is 12.8. The molecule has 0 aromatic carbocycles. The maximum Gasteiger partial charge on any atom is 0.360 e. The van der Waals surface area contributed by atoms with E-state index in [1.807, 2.05) is 18.2 Å². The summed E-state index contributed by atoms with van der Waals surface area (Å²) < 4.78 is 4.72. The number of aliphatic hydroxyl groups excluding tert-OH is 1. The van der Waals surface area contributed by atoms with E-state index in [0.29, 0.717) is 6.42 Å². The van der Waals surface area contributed by atoms with Crippen molar-refractivity contribution < 1.29 is 39.5 Å². The van der Waals surface area contributed by atoms with Crippen LogP contribution < -0.4 is 11.1 Å². The van der Waals surface area contributed by atoms with Gasteiger partial charge in [0.1, 0.15) is 5.44 Å². The molecule has 206 valence electrons. The first-order valence-electron chi connectivity index (χ1n) is 12.3. The Bertz CT molecular complexity index is 738. The third-order valence-electron chi connectivity index (χ3n) is 5.19. The van der Waals surface area contributed by atoms with Gasteiger partial charge in [-0.1, -0.05) is 56.2 Å². The van der Waals surface area contributed by atoms with Crippen molar-refractivity contribution in [1.29, 1.82) is 0 Å². The molecule has 7 N–H and O–H groups in total. The van der Waals surface area contributed by atoms with Gasteiger partial charge in [0.2, 0.25) is 5.72 Å². The van der Waals surface area contributed by atoms with E-state index in [1.165, 1.54) is 19.3 Å². The summed E-state index contributed by atoms with van der Waals surface area (Å²) in [5.74, 6) is -4.12. The molecule has 0 saturated carbocycles. The fourth-order valence-electron chi connectivity index (χ4n) is 3.04. The number of thiol groups is 1. The van der Waals surface area contributed by atoms with Crippen molar-refractivity contribution in [2.45, 2.75) is 101 Å². The third kappa shape index (κ3) is 16.5. The Kier molecular flexibility index (Phi) is 18.7. The number of carbonyl (C=O) groups excluding carboxylic acids is 1. The second kappa shape index (κ2) is 19.9. The van der Waals surface area contributed by atoms with Gasteiger partial charge in [0, 0.05) is 12.5 Å². The Morgan fingerprint density at radius 1 is 1.00 bits per heavy atom. The number of hydrogen-bond acceptors (Lipinski definition) is 9. The SMILES string of the molecule is CCCCC/C=C/CCC/C=C/C=C/CC(CCCC(=O)O)NC(OC(=O)C(N)(O)C(O)S)C(=O)O. The molecule has 0 aromatic heterocycles. The number of carboxylic acids is 2. The highest BCUT2D eigenvalue weighted by atomic mass is 32.1. The summed E-state index contributed by atoms with van der Waals surface area (Å²) in [5.41, 5.74) is 0.324. The Balaban J connectivity index is 4.80. The first kappa shape index (κ1) is 33.8. The number of unbranched alkanes of at least 4 members (excludes halogenated alkanes) is 5. The van der Waals surface area contributed by atoms with Crippen LogP contribution in [0.15, 0.2) is 36.5 Å². The lowest BCUT2D eigenvalue weighted by atomic mass is 10.1. The molecule has 4 unspecified atom stereocenters. The highest BCUT2D eigenvalue weighted by molar-refractivity contribution is 7.80. The number of esters is 1. The maximum atomic E-state index is 12.0. The van der Waals surface area contributed by atoms with Crippen LogP contribution in [0.25, 0.3) is 0 Å². The van der Waals surface area contributed by atoms with Crippen LogP contribution in [-0.4, -0.2) is 61.8 Å². The van der Waals surface area contributed by atoms with E-state index >= 15 is 0 Å². The molecule has 0 aliphatic rings. The van der Waals surface area contributed by atoms with Gasteiger partial charge < -0.3 is 25.2 Å². The Hall–Kier alpha value is -2.18. The molecule has 11 heteroatoms. The summed E-state index contributed by atoms with van der Waals surface area (Å²) in [6.07, 6.45) is 18.6. The maximum absolute atomic E-state index is 12.0. The lowest BCUT2D eigenvalue weighted by Crippen LogP contribution is -2.59. The number of aliphatic carboxylic acids is 2. The number of nitrogens with two attached hydrogens (primary N) is 1. The van der Waals surface area contributed by atoms with Crippen molar-refractivity contribution in [3.63, 3.8) is 0 Å². The highest BCUT2D eigenvalue weighted by Gasteiger charge is 2.42. The van der Waals surface area contributed by atoms with Crippen molar-refractivity contribution in [2.24, 2.45) is 5.73 Å². The predicted octanol–water partition coefficient (Wildman–Crippen LogP) is 2.86. The molecule has 0 radical (unpaired) electrons. The lowest BCUT2D eigenvalue weighted by Gasteiger charge is -2.27. The Morgan fingerprint density at radius 3 is 2.19 bits per heavy atom. The van der Waals surface area contributed by atoms with Crippen LogP contribution in [0, 0.1) is 0 Å². The molecule has 0 saturated heterocycles. The van der Waals surface area contributed by atoms with E-state index in [1.54, 1.807) is 6.08 Å². The van der Waals surface area contributed by atoms with E-state index < -0.39 is 41.3 Å². The fourth-order valence-corrected chi connectivity index (χ4v) is 3.15. The molecule has 0 amide bonds. The van der Waals surface area contributed by atoms with Gasteiger partial charge in [0.05, 0.1) is 0 Å². The van der Waals surface area contributed by atoms with Crippen molar-refractivity contribution >= 4 is 30.5 Å². The number of carboxylic acid groups (broad SMARTS) is 2. The average molecular weight is 531 g/mol. The van der Waals surface area contributed by atoms with Gasteiger partial charge in [-0.3, -0.25) is 15.8 Å². The molecule has 10 nitrogen and oxygen atoms in total. The molecule has 0 fully saturated rings. The second-order valence-corrected chi connectivity index (χ2v) is 8.95. The minimum Gasteiger partial charge on any atom is -0.481 e. The van der Waals surface area contributed by atoms with E-state index in [4.69, 9.17) is 15.6 Å². The summed E-state index contributed by atoms with van der Waals surface area (Å²) in [5, 5.41) is 39.9. The predicted molar refractivity (Wildman–Crippen MR) is 140 cm³/mol. The van der Waals surface area contributed by atoms with Gasteiger partial charge in [-0.2, -0.15) is 0 Å². The third-order valence-corrected chi connectivity index (χ3v) is 5.58. The number of carbonyl (C=O) groups is 3. The molecule has 0 aliphatic carbocycles. The average Bonchev–Trinajstić information content (AvgIpc) is 2.80. The largest absolute Gasteiger partial charge is 0.481 e. The topological polar surface area (TPSA) is 179 Å². The minimum atomic E-state index is -2.91. The fraction of sp³-hybridized carbons (Fsp3) is 0.640. The van der Waals surface area contributed by atoms with Crippen molar-refractivity contribution in [3.05, 3.63) is 36.5 Å². The van der Waals surface area contributed by atoms with Gasteiger partial charge in [-0.15, -0.1) is 12.6 Å². The molecule has 36 heavy (non-hydrogen) atoms. The first-order chi connectivity index (χ1) is 17.0. The van der Waals surface area contributed by atoms with Gasteiger partial charge in [-0.05, 0) is 51.4 Å². The van der Waals surface area contributed by atoms with Crippen LogP contribution in [-0.2, 0) is 19.1 Å². The van der Waals surface area contributed by atoms with Gasteiger partial charge in [0.25, 0.3) is 6.23 Å². The monoisotopic (exact) mass is 530 g/mol. The highest BCUT2D eigenvalue weighted by Crippen LogP contribution is 2.13. The Labute approximate surface area is 218 Å². The van der Waals surface area contributed by atoms with Crippen LogP contribution in [0.4, 0.5) is 0 Å². The smallest absolute Gasteiger partial charge is 0.360 e. The summed E-state index contributed by atoms with van der Waals surface area (Å²) in [6.45, 7) is 2.19. The van der Waals surface area contributed by atoms with E-state index in [-0.39, 0.29) is 19.3 Å². The molecule has 0 heterocycles. The van der Waals surface area contributed by atoms with Crippen LogP contribution in [0.1, 0.15) is 77.6 Å². The molecule has 4 atom stereocenters. The van der Waals surface area contributed by atoms with Crippen LogP contribution in [0.2, 0.25) is 0 Å². The van der Waals surface area contributed by atoms with Crippen molar-refractivity contribution in [1.82, 2.24) is 5.32 Å². The minimum absolute atomic E-state index is 0.110. The molecular weight excluding hydrogens is 488 g/mol. The normalized spacial score (nSPS) is 16.2. The van der Waals surface area contributed by atoms with Gasteiger partial charge in [0.15, 0.2) is 0 Å². The number of hydrogen-bond donors (Lipinski definition) is 7. The number of nitrogens with one attached hydrogen (secondary N) is 1. The lowest BCUT2D eigenvalue weighted by molar-refractivity contribution is -0.185. The van der Waals surface area contributed by atoms with Crippen molar-refractivity contribution in [2.75, 3.05) is 0 Å². The summed E-state index contributed by atoms with van der Waals surface area (Å²) in [7, 11) is 0. The Morgan fingerprint density at radius 2 is 1.61 bits per heavy atom. The quantitative estimate of drug-likeness (QED) is 0.0291. The van der Waals surface area contributed by atoms with Gasteiger partial charge in [-0.25, -0.2) is 9.59 Å². The number of ether oxygens (including phenoxy) is 1. The van der Waals surface area contributed by atoms with Gasteiger partial charge >= 0.3 is 17.9 Å². The molecule has 0 aromatic rings.